The first kappa shape index (κ1) is 19.6. The summed E-state index contributed by atoms with van der Waals surface area (Å²) in [5.41, 5.74) is 7.02. The Kier molecular flexibility index (Phi) is 6.75. The van der Waals surface area contributed by atoms with E-state index in [4.69, 9.17) is 4.74 Å². The van der Waals surface area contributed by atoms with Crippen LogP contribution in [0.2, 0.25) is 0 Å². The number of allylic oxidation sites excluding steroid dienone is 1. The van der Waals surface area contributed by atoms with Gasteiger partial charge in [-0.3, -0.25) is 4.79 Å². The molecule has 1 unspecified atom stereocenters. The summed E-state index contributed by atoms with van der Waals surface area (Å²) in [7, 11) is 1.47. The smallest absolute Gasteiger partial charge is 0.308 e. The van der Waals surface area contributed by atoms with Crippen LogP contribution in [0.4, 0.5) is 0 Å². The van der Waals surface area contributed by atoms with Crippen LogP contribution >= 0.6 is 0 Å². The molecule has 0 N–H and O–H groups in total. The summed E-state index contributed by atoms with van der Waals surface area (Å²) in [6.45, 7) is 4.26. The van der Waals surface area contributed by atoms with Gasteiger partial charge in [-0.05, 0) is 67.5 Å². The van der Waals surface area contributed by atoms with E-state index in [1.54, 1.807) is 6.33 Å². The zero-order valence-corrected chi connectivity index (χ0v) is 16.4. The van der Waals surface area contributed by atoms with Gasteiger partial charge in [0.15, 0.2) is 0 Å². The van der Waals surface area contributed by atoms with Crippen LogP contribution in [-0.4, -0.2) is 18.1 Å². The van der Waals surface area contributed by atoms with Crippen molar-refractivity contribution in [3.05, 3.63) is 58.7 Å². The van der Waals surface area contributed by atoms with Crippen LogP contribution in [-0.2, 0) is 30.0 Å². The molecule has 25 heavy (non-hydrogen) atoms. The molecule has 3 rings (SSSR count). The first-order chi connectivity index (χ1) is 11.6. The van der Waals surface area contributed by atoms with E-state index >= 15 is 0 Å². The Morgan fingerprint density at radius 2 is 2.12 bits per heavy atom. The summed E-state index contributed by atoms with van der Waals surface area (Å²) in [5.74, 6) is -0.164. The Hall–Kier alpha value is -1.70. The third-order valence-electron chi connectivity index (χ3n) is 5.00. The average Bonchev–Trinajstić information content (AvgIpc) is 3.12. The van der Waals surface area contributed by atoms with Crippen LogP contribution in [0.1, 0.15) is 48.1 Å². The standard InChI is InChI=1S/C20H23N2O2.Pd/c1-13-6-4-9-17(14(13)2)19(18-11-21-12-22-18)15-7-5-8-16(10-15)20(23)24-3;/h4,6,9,11-12,16H,5,7-8,10H2,1-3H3;/q-1;/b19-15-;. The number of methoxy groups -OCH3 is 1. The normalized spacial score (nSPS) is 19.1. The number of carbonyl (C=O) groups is 1. The third kappa shape index (κ3) is 4.11. The summed E-state index contributed by atoms with van der Waals surface area (Å²) in [4.78, 5) is 20.6. The number of nitrogens with zero attached hydrogens (tertiary/aromatic N) is 2. The van der Waals surface area contributed by atoms with Gasteiger partial charge in [-0.25, -0.2) is 0 Å². The maximum Gasteiger partial charge on any atom is 0.308 e. The van der Waals surface area contributed by atoms with Gasteiger partial charge in [0.25, 0.3) is 0 Å². The number of aryl methyl sites for hydroxylation is 1. The second-order valence-electron chi connectivity index (χ2n) is 6.45. The fraction of sp³-hybridized carbons (Fsp3) is 0.400. The topological polar surface area (TPSA) is 53.3 Å². The molecule has 0 bridgehead atoms. The zero-order chi connectivity index (χ0) is 17.1. The van der Waals surface area contributed by atoms with E-state index in [1.165, 1.54) is 29.4 Å². The fourth-order valence-electron chi connectivity index (χ4n) is 3.55. The first-order valence-electron chi connectivity index (χ1n) is 8.41. The molecule has 1 aromatic heterocycles. The van der Waals surface area contributed by atoms with Crippen molar-refractivity contribution in [2.24, 2.45) is 5.92 Å². The monoisotopic (exact) mass is 429 g/mol. The number of carbonyl (C=O) groups excluding carboxylic acids is 1. The van der Waals surface area contributed by atoms with Crippen molar-refractivity contribution in [2.45, 2.75) is 39.5 Å². The second-order valence-corrected chi connectivity index (χ2v) is 6.45. The maximum absolute atomic E-state index is 12.0. The molecule has 1 fully saturated rings. The van der Waals surface area contributed by atoms with Crippen LogP contribution < -0.4 is 4.98 Å². The van der Waals surface area contributed by atoms with Gasteiger partial charge in [-0.2, -0.15) is 0 Å². The molecular weight excluding hydrogens is 407 g/mol. The van der Waals surface area contributed by atoms with Crippen molar-refractivity contribution >= 4 is 11.5 Å². The number of hydrogen-bond acceptors (Lipinski definition) is 3. The Balaban J connectivity index is 0.00000225. The average molecular weight is 430 g/mol. The maximum atomic E-state index is 12.0. The number of aromatic nitrogens is 2. The molecule has 0 amide bonds. The molecule has 0 radical (unpaired) electrons. The second kappa shape index (κ2) is 8.60. The SMILES string of the molecule is COC(=O)C1CCC/C(=C(/c2c[n-]cn2)c2cccc(C)c2C)C1.[Pd]. The van der Waals surface area contributed by atoms with E-state index in [0.29, 0.717) is 0 Å². The molecule has 4 nitrogen and oxygen atoms in total. The predicted octanol–water partition coefficient (Wildman–Crippen LogP) is 3.82. The Labute approximate surface area is 162 Å². The molecule has 1 atom stereocenters. The van der Waals surface area contributed by atoms with Crippen LogP contribution in [0.3, 0.4) is 0 Å². The minimum absolute atomic E-state index is 0. The minimum atomic E-state index is -0.110. The number of hydrogen-bond donors (Lipinski definition) is 0. The van der Waals surface area contributed by atoms with Gasteiger partial charge in [0.1, 0.15) is 0 Å². The van der Waals surface area contributed by atoms with Crippen molar-refractivity contribution in [3.63, 3.8) is 0 Å². The van der Waals surface area contributed by atoms with E-state index in [2.05, 4.69) is 42.0 Å². The molecule has 1 heterocycles. The molecule has 1 aromatic carbocycles. The van der Waals surface area contributed by atoms with Gasteiger partial charge in [0.2, 0.25) is 0 Å². The van der Waals surface area contributed by atoms with E-state index < -0.39 is 0 Å². The van der Waals surface area contributed by atoms with Gasteiger partial charge in [-0.15, -0.1) is 0 Å². The zero-order valence-electron chi connectivity index (χ0n) is 14.8. The number of imidazole rings is 1. The van der Waals surface area contributed by atoms with Crippen molar-refractivity contribution in [2.75, 3.05) is 7.11 Å². The molecule has 0 spiro atoms. The van der Waals surface area contributed by atoms with Crippen LogP contribution in [0, 0.1) is 19.8 Å². The van der Waals surface area contributed by atoms with Crippen molar-refractivity contribution < 1.29 is 30.0 Å². The fourth-order valence-corrected chi connectivity index (χ4v) is 3.55. The summed E-state index contributed by atoms with van der Waals surface area (Å²) in [5, 5.41) is 0. The number of ether oxygens (including phenoxy) is 1. The van der Waals surface area contributed by atoms with E-state index in [1.807, 2.05) is 6.20 Å². The molecule has 0 saturated heterocycles. The quantitative estimate of drug-likeness (QED) is 0.550. The Bertz CT molecular complexity index is 766. The molecular formula is C20H23N2O2Pd-. The van der Waals surface area contributed by atoms with E-state index in [0.717, 1.165) is 37.0 Å². The molecule has 5 heteroatoms. The van der Waals surface area contributed by atoms with Crippen LogP contribution in [0.15, 0.2) is 36.3 Å². The van der Waals surface area contributed by atoms with E-state index in [-0.39, 0.29) is 32.3 Å². The largest absolute Gasteiger partial charge is 0.469 e. The van der Waals surface area contributed by atoms with Crippen LogP contribution in [0.5, 0.6) is 0 Å². The molecule has 1 aliphatic rings. The van der Waals surface area contributed by atoms with Crippen molar-refractivity contribution in [3.8, 4) is 0 Å². The number of benzene rings is 1. The Morgan fingerprint density at radius 1 is 1.32 bits per heavy atom. The minimum Gasteiger partial charge on any atom is -0.469 e. The Morgan fingerprint density at radius 3 is 2.80 bits per heavy atom. The predicted molar refractivity (Wildman–Crippen MR) is 93.5 cm³/mol. The van der Waals surface area contributed by atoms with Crippen molar-refractivity contribution in [1.82, 2.24) is 9.97 Å². The van der Waals surface area contributed by atoms with Gasteiger partial charge >= 0.3 is 5.97 Å². The summed E-state index contributed by atoms with van der Waals surface area (Å²) >= 11 is 0. The molecule has 1 aliphatic carbocycles. The summed E-state index contributed by atoms with van der Waals surface area (Å²) in [6.07, 6.45) is 7.01. The summed E-state index contributed by atoms with van der Waals surface area (Å²) in [6, 6.07) is 6.34. The third-order valence-corrected chi connectivity index (χ3v) is 5.00. The molecule has 0 aliphatic heterocycles. The van der Waals surface area contributed by atoms with Crippen molar-refractivity contribution in [1.29, 1.82) is 0 Å². The van der Waals surface area contributed by atoms with Gasteiger partial charge in [0, 0.05) is 20.4 Å². The molecule has 136 valence electrons. The van der Waals surface area contributed by atoms with E-state index in [9.17, 15) is 4.79 Å². The van der Waals surface area contributed by atoms with Gasteiger partial charge in [-0.1, -0.05) is 36.3 Å². The van der Waals surface area contributed by atoms with Gasteiger partial charge in [0.05, 0.1) is 13.0 Å². The van der Waals surface area contributed by atoms with Gasteiger partial charge < -0.3 is 14.7 Å². The summed E-state index contributed by atoms with van der Waals surface area (Å²) < 4.78 is 4.97. The molecule has 1 saturated carbocycles. The number of rotatable bonds is 3. The first-order valence-corrected chi connectivity index (χ1v) is 8.41. The van der Waals surface area contributed by atoms with Crippen LogP contribution in [0.25, 0.3) is 5.57 Å². The number of esters is 1. The molecule has 2 aromatic rings.